The summed E-state index contributed by atoms with van der Waals surface area (Å²) < 4.78 is 26.2. The summed E-state index contributed by atoms with van der Waals surface area (Å²) in [5.41, 5.74) is 0.695. The summed E-state index contributed by atoms with van der Waals surface area (Å²) in [7, 11) is 0. The predicted octanol–water partition coefficient (Wildman–Crippen LogP) is 3.76. The first-order valence-corrected chi connectivity index (χ1v) is 5.89. The second-order valence-electron chi connectivity index (χ2n) is 3.97. The van der Waals surface area contributed by atoms with Crippen LogP contribution >= 0.6 is 0 Å². The summed E-state index contributed by atoms with van der Waals surface area (Å²) in [5, 5.41) is 4.76. The number of carbonyl (C=O) groups excluding carboxylic acids is 1. The van der Waals surface area contributed by atoms with Gasteiger partial charge in [-0.1, -0.05) is 24.3 Å². The number of nitrogens with one attached hydrogen (secondary N) is 2. The monoisotopic (exact) mass is 274 g/mol. The van der Waals surface area contributed by atoms with Crippen LogP contribution in [0.5, 0.6) is 0 Å². The first-order chi connectivity index (χ1) is 9.65. The molecule has 20 heavy (non-hydrogen) atoms. The normalized spacial score (nSPS) is 10.5. The van der Waals surface area contributed by atoms with Gasteiger partial charge in [-0.2, -0.15) is 0 Å². The third-order valence-electron chi connectivity index (χ3n) is 2.46. The molecule has 0 saturated carbocycles. The number of hydrogen-bond acceptors (Lipinski definition) is 1. The SMILES string of the molecule is O=C(N/C=C/c1cccc(F)c1)Nc1ccccc1F. The van der Waals surface area contributed by atoms with E-state index in [1.54, 1.807) is 18.2 Å². The average molecular weight is 274 g/mol. The summed E-state index contributed by atoms with van der Waals surface area (Å²) in [6.07, 6.45) is 2.88. The Labute approximate surface area is 114 Å². The smallest absolute Gasteiger partial charge is 0.314 e. The van der Waals surface area contributed by atoms with Crippen LogP contribution in [-0.4, -0.2) is 6.03 Å². The molecule has 0 aliphatic rings. The number of halogens is 2. The van der Waals surface area contributed by atoms with E-state index in [0.29, 0.717) is 5.56 Å². The number of carbonyl (C=O) groups is 1. The molecule has 0 radical (unpaired) electrons. The lowest BCUT2D eigenvalue weighted by atomic mass is 10.2. The topological polar surface area (TPSA) is 41.1 Å². The Kier molecular flexibility index (Phi) is 4.44. The highest BCUT2D eigenvalue weighted by Crippen LogP contribution is 2.11. The maximum atomic E-state index is 13.3. The Balaban J connectivity index is 1.91. The molecular weight excluding hydrogens is 262 g/mol. The van der Waals surface area contributed by atoms with Gasteiger partial charge >= 0.3 is 6.03 Å². The van der Waals surface area contributed by atoms with E-state index < -0.39 is 11.8 Å². The first kappa shape index (κ1) is 13.7. The van der Waals surface area contributed by atoms with E-state index in [0.717, 1.165) is 0 Å². The highest BCUT2D eigenvalue weighted by molar-refractivity contribution is 5.90. The van der Waals surface area contributed by atoms with Crippen LogP contribution in [0.4, 0.5) is 19.3 Å². The van der Waals surface area contributed by atoms with Crippen LogP contribution in [0.2, 0.25) is 0 Å². The van der Waals surface area contributed by atoms with Crippen molar-refractivity contribution >= 4 is 17.8 Å². The Morgan fingerprint density at radius 3 is 2.60 bits per heavy atom. The maximum absolute atomic E-state index is 13.3. The van der Waals surface area contributed by atoms with Crippen molar-refractivity contribution < 1.29 is 13.6 Å². The summed E-state index contributed by atoms with van der Waals surface area (Å²) in [4.78, 5) is 11.5. The molecule has 0 aromatic heterocycles. The van der Waals surface area contributed by atoms with Crippen molar-refractivity contribution in [3.8, 4) is 0 Å². The van der Waals surface area contributed by atoms with Crippen LogP contribution in [0, 0.1) is 11.6 Å². The fourth-order valence-corrected chi connectivity index (χ4v) is 1.54. The lowest BCUT2D eigenvalue weighted by molar-refractivity contribution is 0.255. The zero-order valence-corrected chi connectivity index (χ0v) is 10.4. The molecule has 2 aromatic carbocycles. The molecule has 2 rings (SSSR count). The van der Waals surface area contributed by atoms with Gasteiger partial charge in [0.1, 0.15) is 11.6 Å². The van der Waals surface area contributed by atoms with E-state index in [2.05, 4.69) is 10.6 Å². The fourth-order valence-electron chi connectivity index (χ4n) is 1.54. The quantitative estimate of drug-likeness (QED) is 0.879. The number of amides is 2. The minimum absolute atomic E-state index is 0.0872. The minimum Gasteiger partial charge on any atom is -0.314 e. The van der Waals surface area contributed by atoms with Crippen LogP contribution in [0.15, 0.2) is 54.7 Å². The molecule has 5 heteroatoms. The Morgan fingerprint density at radius 1 is 1.05 bits per heavy atom. The van der Waals surface area contributed by atoms with Gasteiger partial charge in [0.2, 0.25) is 0 Å². The van der Waals surface area contributed by atoms with E-state index in [1.165, 1.54) is 42.6 Å². The summed E-state index contributed by atoms with van der Waals surface area (Å²) in [6.45, 7) is 0. The van der Waals surface area contributed by atoms with Gasteiger partial charge in [0, 0.05) is 6.20 Å². The average Bonchev–Trinajstić information content (AvgIpc) is 2.41. The number of urea groups is 1. The largest absolute Gasteiger partial charge is 0.323 e. The van der Waals surface area contributed by atoms with E-state index in [-0.39, 0.29) is 11.5 Å². The second-order valence-corrected chi connectivity index (χ2v) is 3.97. The van der Waals surface area contributed by atoms with Crippen LogP contribution in [0.1, 0.15) is 5.56 Å². The molecule has 2 N–H and O–H groups in total. The van der Waals surface area contributed by atoms with Crippen molar-refractivity contribution in [2.45, 2.75) is 0 Å². The number of rotatable bonds is 3. The zero-order chi connectivity index (χ0) is 14.4. The van der Waals surface area contributed by atoms with E-state index >= 15 is 0 Å². The molecule has 0 spiro atoms. The second kappa shape index (κ2) is 6.47. The summed E-state index contributed by atoms with van der Waals surface area (Å²) in [6, 6.07) is 11.2. The lowest BCUT2D eigenvalue weighted by Crippen LogP contribution is -2.24. The lowest BCUT2D eigenvalue weighted by Gasteiger charge is -2.05. The molecule has 3 nitrogen and oxygen atoms in total. The van der Waals surface area contributed by atoms with Gasteiger partial charge in [0.05, 0.1) is 5.69 Å². The van der Waals surface area contributed by atoms with Crippen LogP contribution < -0.4 is 10.6 Å². The fraction of sp³-hybridized carbons (Fsp3) is 0. The molecule has 0 heterocycles. The number of benzene rings is 2. The van der Waals surface area contributed by atoms with Gasteiger partial charge in [-0.25, -0.2) is 13.6 Å². The minimum atomic E-state index is -0.581. The van der Waals surface area contributed by atoms with E-state index in [1.807, 2.05) is 0 Å². The van der Waals surface area contributed by atoms with Crippen LogP contribution in [0.25, 0.3) is 6.08 Å². The molecule has 0 saturated heterocycles. The molecule has 0 aliphatic heterocycles. The molecule has 2 aromatic rings. The molecule has 0 fully saturated rings. The molecule has 102 valence electrons. The van der Waals surface area contributed by atoms with Gasteiger partial charge in [-0.3, -0.25) is 0 Å². The maximum Gasteiger partial charge on any atom is 0.323 e. The Bertz CT molecular complexity index is 641. The van der Waals surface area contributed by atoms with Crippen molar-refractivity contribution in [2.24, 2.45) is 0 Å². The van der Waals surface area contributed by atoms with Crippen molar-refractivity contribution in [3.05, 3.63) is 71.9 Å². The molecule has 2 amide bonds. The van der Waals surface area contributed by atoms with Crippen LogP contribution in [-0.2, 0) is 0 Å². The molecule has 0 aliphatic carbocycles. The Hall–Kier alpha value is -2.69. The molecule has 0 unspecified atom stereocenters. The highest BCUT2D eigenvalue weighted by atomic mass is 19.1. The van der Waals surface area contributed by atoms with Gasteiger partial charge < -0.3 is 10.6 Å². The summed E-state index contributed by atoms with van der Waals surface area (Å²) >= 11 is 0. The van der Waals surface area contributed by atoms with Gasteiger partial charge in [0.15, 0.2) is 0 Å². The van der Waals surface area contributed by atoms with Gasteiger partial charge in [-0.15, -0.1) is 0 Å². The van der Waals surface area contributed by atoms with Gasteiger partial charge in [0.25, 0.3) is 0 Å². The summed E-state index contributed by atoms with van der Waals surface area (Å²) in [5.74, 6) is -0.875. The predicted molar refractivity (Wildman–Crippen MR) is 74.0 cm³/mol. The van der Waals surface area contributed by atoms with Gasteiger partial charge in [-0.05, 0) is 35.9 Å². The first-order valence-electron chi connectivity index (χ1n) is 5.89. The van der Waals surface area contributed by atoms with E-state index in [4.69, 9.17) is 0 Å². The molecule has 0 bridgehead atoms. The van der Waals surface area contributed by atoms with Crippen molar-refractivity contribution in [1.82, 2.24) is 5.32 Å². The third kappa shape index (κ3) is 3.91. The van der Waals surface area contributed by atoms with Crippen molar-refractivity contribution in [3.63, 3.8) is 0 Å². The standard InChI is InChI=1S/C15H12F2N2O/c16-12-5-3-4-11(10-12)8-9-18-15(20)19-14-7-2-1-6-13(14)17/h1-10H,(H2,18,19,20)/b9-8+. The number of hydrogen-bond donors (Lipinski definition) is 2. The van der Waals surface area contributed by atoms with Crippen LogP contribution in [0.3, 0.4) is 0 Å². The van der Waals surface area contributed by atoms with Crippen molar-refractivity contribution in [1.29, 1.82) is 0 Å². The number of anilines is 1. The number of para-hydroxylation sites is 1. The molecular formula is C15H12F2N2O. The Morgan fingerprint density at radius 2 is 1.85 bits per heavy atom. The highest BCUT2D eigenvalue weighted by Gasteiger charge is 2.03. The van der Waals surface area contributed by atoms with E-state index in [9.17, 15) is 13.6 Å². The zero-order valence-electron chi connectivity index (χ0n) is 10.4. The molecule has 0 atom stereocenters. The van der Waals surface area contributed by atoms with Crippen molar-refractivity contribution in [2.75, 3.05) is 5.32 Å². The third-order valence-corrected chi connectivity index (χ3v) is 2.46.